The Bertz CT molecular complexity index is 465. The summed E-state index contributed by atoms with van der Waals surface area (Å²) in [6.45, 7) is 0. The Hall–Kier alpha value is -1.41. The van der Waals surface area contributed by atoms with Crippen LogP contribution >= 0.6 is 11.8 Å². The van der Waals surface area contributed by atoms with Crippen LogP contribution < -0.4 is 4.74 Å². The Balaban J connectivity index is 2.44. The molecule has 0 aliphatic carbocycles. The second-order valence-electron chi connectivity index (χ2n) is 3.44. The molecule has 2 heteroatoms. The molecule has 0 amide bonds. The third-order valence-corrected chi connectivity index (χ3v) is 3.25. The molecule has 1 nitrogen and oxygen atoms in total. The summed E-state index contributed by atoms with van der Waals surface area (Å²) < 4.78 is 5.31. The molecule has 0 fully saturated rings. The van der Waals surface area contributed by atoms with E-state index < -0.39 is 0 Å². The van der Waals surface area contributed by atoms with Gasteiger partial charge < -0.3 is 4.74 Å². The highest BCUT2D eigenvalue weighted by molar-refractivity contribution is 7.98. The largest absolute Gasteiger partial charge is 0.496 e. The molecule has 0 aliphatic rings. The van der Waals surface area contributed by atoms with Crippen LogP contribution in [0.4, 0.5) is 0 Å². The number of methoxy groups -OCH3 is 1. The van der Waals surface area contributed by atoms with Gasteiger partial charge in [-0.25, -0.2) is 0 Å². The number of benzene rings is 2. The van der Waals surface area contributed by atoms with Gasteiger partial charge in [-0.3, -0.25) is 0 Å². The fourth-order valence-corrected chi connectivity index (χ4v) is 2.24. The molecule has 0 radical (unpaired) electrons. The van der Waals surface area contributed by atoms with E-state index >= 15 is 0 Å². The van der Waals surface area contributed by atoms with Crippen molar-refractivity contribution < 1.29 is 4.74 Å². The van der Waals surface area contributed by atoms with Gasteiger partial charge in [0.25, 0.3) is 0 Å². The maximum atomic E-state index is 5.31. The van der Waals surface area contributed by atoms with Crippen LogP contribution in [0.1, 0.15) is 0 Å². The predicted molar refractivity (Wildman–Crippen MR) is 70.2 cm³/mol. The van der Waals surface area contributed by atoms with Crippen LogP contribution in [0.5, 0.6) is 5.75 Å². The van der Waals surface area contributed by atoms with Crippen LogP contribution in [0, 0.1) is 0 Å². The van der Waals surface area contributed by atoms with Crippen LogP contribution in [0.2, 0.25) is 0 Å². The molecule has 16 heavy (non-hydrogen) atoms. The fourth-order valence-electron chi connectivity index (χ4n) is 1.65. The van der Waals surface area contributed by atoms with E-state index in [1.54, 1.807) is 18.9 Å². The quantitative estimate of drug-likeness (QED) is 0.735. The lowest BCUT2D eigenvalue weighted by Gasteiger charge is -2.08. The molecule has 0 N–H and O–H groups in total. The van der Waals surface area contributed by atoms with Gasteiger partial charge in [0.05, 0.1) is 7.11 Å². The van der Waals surface area contributed by atoms with Crippen molar-refractivity contribution in [3.8, 4) is 16.9 Å². The highest BCUT2D eigenvalue weighted by atomic mass is 32.2. The first-order valence-corrected chi connectivity index (χ1v) is 6.35. The summed E-state index contributed by atoms with van der Waals surface area (Å²) in [5, 5.41) is 0. The molecule has 2 aromatic rings. The number of thioether (sulfide) groups is 1. The molecule has 0 saturated carbocycles. The van der Waals surface area contributed by atoms with Crippen LogP contribution in [-0.2, 0) is 0 Å². The lowest BCUT2D eigenvalue weighted by molar-refractivity contribution is 0.405. The van der Waals surface area contributed by atoms with Crippen LogP contribution in [0.15, 0.2) is 53.4 Å². The van der Waals surface area contributed by atoms with Crippen LogP contribution in [0.3, 0.4) is 0 Å². The standard InChI is InChI=1S/C14H14OS/c1-15-13-9-8-12(10-14(13)16-2)11-6-4-3-5-7-11/h3-10H,1-2H3. The highest BCUT2D eigenvalue weighted by Gasteiger charge is 2.04. The predicted octanol–water partition coefficient (Wildman–Crippen LogP) is 4.08. The monoisotopic (exact) mass is 230 g/mol. The van der Waals surface area contributed by atoms with Gasteiger partial charge in [0.1, 0.15) is 5.75 Å². The molecule has 0 aromatic heterocycles. The van der Waals surface area contributed by atoms with Crippen molar-refractivity contribution in [1.82, 2.24) is 0 Å². The van der Waals surface area contributed by atoms with Crippen molar-refractivity contribution in [1.29, 1.82) is 0 Å². The molecule has 0 aliphatic heterocycles. The van der Waals surface area contributed by atoms with E-state index in [9.17, 15) is 0 Å². The van der Waals surface area contributed by atoms with Crippen molar-refractivity contribution in [2.24, 2.45) is 0 Å². The highest BCUT2D eigenvalue weighted by Crippen LogP contribution is 2.32. The molecule has 0 saturated heterocycles. The van der Waals surface area contributed by atoms with Crippen molar-refractivity contribution in [3.63, 3.8) is 0 Å². The van der Waals surface area contributed by atoms with Gasteiger partial charge in [0, 0.05) is 4.90 Å². The van der Waals surface area contributed by atoms with Gasteiger partial charge in [-0.1, -0.05) is 36.4 Å². The molecule has 0 atom stereocenters. The second kappa shape index (κ2) is 5.08. The Labute approximate surface area is 100 Å². The van der Waals surface area contributed by atoms with E-state index in [-0.39, 0.29) is 0 Å². The summed E-state index contributed by atoms with van der Waals surface area (Å²) in [6, 6.07) is 16.7. The fraction of sp³-hybridized carbons (Fsp3) is 0.143. The maximum absolute atomic E-state index is 5.31. The normalized spacial score (nSPS) is 10.1. The first-order chi connectivity index (χ1) is 7.85. The Morgan fingerprint density at radius 2 is 1.69 bits per heavy atom. The first-order valence-electron chi connectivity index (χ1n) is 5.12. The Morgan fingerprint density at radius 3 is 2.31 bits per heavy atom. The van der Waals surface area contributed by atoms with Crippen molar-refractivity contribution >= 4 is 11.8 Å². The summed E-state index contributed by atoms with van der Waals surface area (Å²) in [7, 11) is 1.71. The molecule has 2 aromatic carbocycles. The summed E-state index contributed by atoms with van der Waals surface area (Å²) in [4.78, 5) is 1.17. The zero-order valence-electron chi connectivity index (χ0n) is 9.44. The lowest BCUT2D eigenvalue weighted by Crippen LogP contribution is -1.86. The SMILES string of the molecule is COc1ccc(-c2ccccc2)cc1SC. The average Bonchev–Trinajstić information content (AvgIpc) is 2.39. The smallest absolute Gasteiger partial charge is 0.132 e. The molecule has 2 rings (SSSR count). The molecule has 0 unspecified atom stereocenters. The Kier molecular flexibility index (Phi) is 3.52. The lowest BCUT2D eigenvalue weighted by atomic mass is 10.1. The number of rotatable bonds is 3. The molecular weight excluding hydrogens is 216 g/mol. The minimum absolute atomic E-state index is 0.937. The summed E-state index contributed by atoms with van der Waals surface area (Å²) in [5.74, 6) is 0.937. The van der Waals surface area contributed by atoms with Crippen molar-refractivity contribution in [2.75, 3.05) is 13.4 Å². The maximum Gasteiger partial charge on any atom is 0.132 e. The second-order valence-corrected chi connectivity index (χ2v) is 4.28. The van der Waals surface area contributed by atoms with Gasteiger partial charge in [0.2, 0.25) is 0 Å². The number of hydrogen-bond donors (Lipinski definition) is 0. The molecule has 0 spiro atoms. The van der Waals surface area contributed by atoms with Gasteiger partial charge in [-0.2, -0.15) is 0 Å². The minimum atomic E-state index is 0.937. The minimum Gasteiger partial charge on any atom is -0.496 e. The third kappa shape index (κ3) is 2.22. The molecule has 82 valence electrons. The van der Waals surface area contributed by atoms with Gasteiger partial charge in [-0.15, -0.1) is 11.8 Å². The van der Waals surface area contributed by atoms with Crippen molar-refractivity contribution in [2.45, 2.75) is 4.90 Å². The third-order valence-electron chi connectivity index (χ3n) is 2.49. The zero-order valence-corrected chi connectivity index (χ0v) is 10.3. The summed E-state index contributed by atoms with van der Waals surface area (Å²) >= 11 is 1.70. The van der Waals surface area contributed by atoms with E-state index in [1.165, 1.54) is 16.0 Å². The van der Waals surface area contributed by atoms with E-state index in [0.717, 1.165) is 5.75 Å². The van der Waals surface area contributed by atoms with E-state index in [4.69, 9.17) is 4.74 Å². The van der Waals surface area contributed by atoms with Crippen LogP contribution in [0.25, 0.3) is 11.1 Å². The summed E-state index contributed by atoms with van der Waals surface area (Å²) in [6.07, 6.45) is 2.06. The average molecular weight is 230 g/mol. The van der Waals surface area contributed by atoms with E-state index in [2.05, 4.69) is 42.7 Å². The number of ether oxygens (including phenoxy) is 1. The van der Waals surface area contributed by atoms with Crippen LogP contribution in [-0.4, -0.2) is 13.4 Å². The van der Waals surface area contributed by atoms with Gasteiger partial charge in [0.15, 0.2) is 0 Å². The molecule has 0 bridgehead atoms. The zero-order chi connectivity index (χ0) is 11.4. The van der Waals surface area contributed by atoms with Crippen molar-refractivity contribution in [3.05, 3.63) is 48.5 Å². The molecular formula is C14H14OS. The topological polar surface area (TPSA) is 9.23 Å². The Morgan fingerprint density at radius 1 is 0.938 bits per heavy atom. The van der Waals surface area contributed by atoms with E-state index in [1.807, 2.05) is 12.1 Å². The summed E-state index contributed by atoms with van der Waals surface area (Å²) in [5.41, 5.74) is 2.46. The van der Waals surface area contributed by atoms with Gasteiger partial charge >= 0.3 is 0 Å². The first kappa shape index (κ1) is 11.1. The number of hydrogen-bond acceptors (Lipinski definition) is 2. The van der Waals surface area contributed by atoms with Gasteiger partial charge in [-0.05, 0) is 29.5 Å². The molecule has 0 heterocycles. The van der Waals surface area contributed by atoms with E-state index in [0.29, 0.717) is 0 Å².